The molecule has 0 radical (unpaired) electrons. The van der Waals surface area contributed by atoms with E-state index in [1.807, 2.05) is 0 Å². The molecule has 2 aliphatic heterocycles. The smallest absolute Gasteiger partial charge is 0.296 e. The monoisotopic (exact) mass is 426 g/mol. The molecule has 1 atom stereocenters. The summed E-state index contributed by atoms with van der Waals surface area (Å²) in [6.45, 7) is 0.126. The third-order valence-corrected chi connectivity index (χ3v) is 5.83. The number of nitrogens with zero attached hydrogens (tertiary/aromatic N) is 2. The molecular formula is C22H19ClN2O5. The second kappa shape index (κ2) is 7.27. The summed E-state index contributed by atoms with van der Waals surface area (Å²) >= 11 is 5.94. The fourth-order valence-electron chi connectivity index (χ4n) is 4.21. The molecule has 1 spiro atoms. The maximum absolute atomic E-state index is 13.6. The van der Waals surface area contributed by atoms with Crippen molar-refractivity contribution in [1.82, 2.24) is 4.90 Å². The van der Waals surface area contributed by atoms with Gasteiger partial charge in [0.25, 0.3) is 17.6 Å². The lowest BCUT2D eigenvalue weighted by Gasteiger charge is -2.34. The number of para-hydroxylation sites is 1. The first kappa shape index (κ1) is 20.1. The Bertz CT molecular complexity index is 1090. The molecule has 2 aromatic rings. The number of fused-ring (bicyclic) bond motifs is 2. The van der Waals surface area contributed by atoms with Crippen LogP contribution in [0.15, 0.2) is 54.1 Å². The third-order valence-electron chi connectivity index (χ3n) is 5.58. The van der Waals surface area contributed by atoms with Crippen LogP contribution in [-0.2, 0) is 24.7 Å². The van der Waals surface area contributed by atoms with Gasteiger partial charge in [0.1, 0.15) is 5.76 Å². The lowest BCUT2D eigenvalue weighted by Crippen LogP contribution is -2.52. The van der Waals surface area contributed by atoms with Crippen LogP contribution < -0.4 is 4.90 Å². The van der Waals surface area contributed by atoms with Gasteiger partial charge in [-0.05, 0) is 30.3 Å². The number of ether oxygens (including phenoxy) is 1. The summed E-state index contributed by atoms with van der Waals surface area (Å²) in [7, 11) is 3.04. The van der Waals surface area contributed by atoms with Gasteiger partial charge in [0.05, 0.1) is 12.2 Å². The number of ketones is 1. The summed E-state index contributed by atoms with van der Waals surface area (Å²) in [5.74, 6) is -2.70. The molecule has 2 aliphatic rings. The number of amides is 2. The van der Waals surface area contributed by atoms with Gasteiger partial charge in [-0.25, -0.2) is 0 Å². The van der Waals surface area contributed by atoms with Gasteiger partial charge in [-0.2, -0.15) is 0 Å². The van der Waals surface area contributed by atoms with Gasteiger partial charge in [0, 0.05) is 42.5 Å². The highest BCUT2D eigenvalue weighted by Gasteiger charge is 2.66. The number of halogens is 1. The van der Waals surface area contributed by atoms with Crippen molar-refractivity contribution < 1.29 is 24.2 Å². The summed E-state index contributed by atoms with van der Waals surface area (Å²) in [6, 6.07) is 13.1. The number of anilines is 1. The molecule has 2 amide bonds. The van der Waals surface area contributed by atoms with E-state index >= 15 is 0 Å². The van der Waals surface area contributed by atoms with Crippen molar-refractivity contribution in [2.75, 3.05) is 32.2 Å². The fraction of sp³-hybridized carbons (Fsp3) is 0.227. The number of methoxy groups -OCH3 is 1. The number of hydrogen-bond acceptors (Lipinski definition) is 5. The molecule has 30 heavy (non-hydrogen) atoms. The average Bonchev–Trinajstić information content (AvgIpc) is 3.11. The Morgan fingerprint density at radius 2 is 1.77 bits per heavy atom. The minimum atomic E-state index is -1.76. The quantitative estimate of drug-likeness (QED) is 0.461. The normalized spacial score (nSPS) is 22.3. The van der Waals surface area contributed by atoms with Crippen molar-refractivity contribution in [3.8, 4) is 0 Å². The van der Waals surface area contributed by atoms with E-state index in [2.05, 4.69) is 0 Å². The van der Waals surface area contributed by atoms with Crippen LogP contribution in [0, 0.1) is 0 Å². The van der Waals surface area contributed by atoms with Gasteiger partial charge in [-0.15, -0.1) is 0 Å². The van der Waals surface area contributed by atoms with Gasteiger partial charge in [-0.1, -0.05) is 29.8 Å². The molecule has 1 fully saturated rings. The first-order valence-corrected chi connectivity index (χ1v) is 9.66. The molecule has 0 aliphatic carbocycles. The van der Waals surface area contributed by atoms with Crippen molar-refractivity contribution in [1.29, 1.82) is 0 Å². The highest BCUT2D eigenvalue weighted by atomic mass is 35.5. The maximum atomic E-state index is 13.6. The SMILES string of the molecule is COCCN1C(=O)C(=O)C(=C(O)c2ccc(Cl)cc2)[C@]12C(=O)N(C)c1ccccc12. The molecule has 0 unspecified atom stereocenters. The predicted octanol–water partition coefficient (Wildman–Crippen LogP) is 2.54. The topological polar surface area (TPSA) is 87.1 Å². The van der Waals surface area contributed by atoms with Gasteiger partial charge >= 0.3 is 0 Å². The first-order valence-electron chi connectivity index (χ1n) is 9.28. The number of rotatable bonds is 4. The minimum Gasteiger partial charge on any atom is -0.507 e. The summed E-state index contributed by atoms with van der Waals surface area (Å²) in [5, 5.41) is 11.6. The number of aliphatic hydroxyl groups excluding tert-OH is 1. The number of carbonyl (C=O) groups is 3. The minimum absolute atomic E-state index is 0.00633. The average molecular weight is 427 g/mol. The Morgan fingerprint density at radius 1 is 1.10 bits per heavy atom. The molecule has 2 heterocycles. The number of aliphatic hydroxyl groups is 1. The van der Waals surface area contributed by atoms with E-state index in [9.17, 15) is 19.5 Å². The molecule has 1 N–H and O–H groups in total. The molecule has 2 aromatic carbocycles. The zero-order valence-electron chi connectivity index (χ0n) is 16.4. The van der Waals surface area contributed by atoms with Crippen LogP contribution in [0.1, 0.15) is 11.1 Å². The molecule has 1 saturated heterocycles. The largest absolute Gasteiger partial charge is 0.507 e. The van der Waals surface area contributed by atoms with Gasteiger partial charge in [-0.3, -0.25) is 14.4 Å². The van der Waals surface area contributed by atoms with Crippen LogP contribution in [0.4, 0.5) is 5.69 Å². The molecule has 0 saturated carbocycles. The van der Waals surface area contributed by atoms with Crippen LogP contribution in [0.5, 0.6) is 0 Å². The molecule has 4 rings (SSSR count). The van der Waals surface area contributed by atoms with Crippen LogP contribution in [0.3, 0.4) is 0 Å². The van der Waals surface area contributed by atoms with Gasteiger partial charge in [0.15, 0.2) is 5.54 Å². The van der Waals surface area contributed by atoms with Gasteiger partial charge in [0.2, 0.25) is 0 Å². The number of likely N-dealkylation sites (N-methyl/N-ethyl adjacent to an activating group) is 1. The summed E-state index contributed by atoms with van der Waals surface area (Å²) in [5.41, 5.74) is -0.713. The van der Waals surface area contributed by atoms with E-state index in [1.165, 1.54) is 29.0 Å². The zero-order valence-corrected chi connectivity index (χ0v) is 17.1. The molecule has 0 bridgehead atoms. The second-order valence-electron chi connectivity index (χ2n) is 7.10. The number of benzene rings is 2. The summed E-state index contributed by atoms with van der Waals surface area (Å²) in [4.78, 5) is 42.4. The van der Waals surface area contributed by atoms with Crippen molar-refractivity contribution in [2.45, 2.75) is 5.54 Å². The summed E-state index contributed by atoms with van der Waals surface area (Å²) in [6.07, 6.45) is 0. The van der Waals surface area contributed by atoms with Crippen LogP contribution in [0.25, 0.3) is 5.76 Å². The zero-order chi connectivity index (χ0) is 21.6. The van der Waals surface area contributed by atoms with Crippen molar-refractivity contribution in [3.05, 3.63) is 70.3 Å². The molecule has 7 nitrogen and oxygen atoms in total. The van der Waals surface area contributed by atoms with Crippen molar-refractivity contribution in [3.63, 3.8) is 0 Å². The Hall–Kier alpha value is -3.16. The van der Waals surface area contributed by atoms with Crippen LogP contribution in [0.2, 0.25) is 5.02 Å². The lowest BCUT2D eigenvalue weighted by molar-refractivity contribution is -0.144. The number of hydrogen-bond donors (Lipinski definition) is 1. The Labute approximate surface area is 178 Å². The van der Waals surface area contributed by atoms with Crippen LogP contribution in [-0.4, -0.2) is 54.9 Å². The molecule has 0 aromatic heterocycles. The van der Waals surface area contributed by atoms with Crippen molar-refractivity contribution in [2.24, 2.45) is 0 Å². The Kier molecular flexibility index (Phi) is 4.88. The molecular weight excluding hydrogens is 408 g/mol. The predicted molar refractivity (Wildman–Crippen MR) is 111 cm³/mol. The maximum Gasteiger partial charge on any atom is 0.296 e. The molecule has 8 heteroatoms. The number of likely N-dealkylation sites (tertiary alicyclic amines) is 1. The Balaban J connectivity index is 2.05. The highest BCUT2D eigenvalue weighted by Crippen LogP contribution is 2.53. The third kappa shape index (κ3) is 2.59. The Morgan fingerprint density at radius 3 is 2.43 bits per heavy atom. The first-order chi connectivity index (χ1) is 14.4. The van der Waals surface area contributed by atoms with E-state index in [-0.39, 0.29) is 24.3 Å². The van der Waals surface area contributed by atoms with E-state index in [0.29, 0.717) is 16.3 Å². The molecule has 154 valence electrons. The van der Waals surface area contributed by atoms with E-state index < -0.39 is 28.9 Å². The number of Topliss-reactive ketones (excluding diaryl/α,β-unsaturated/α-hetero) is 1. The van der Waals surface area contributed by atoms with E-state index in [0.717, 1.165) is 0 Å². The number of carbonyl (C=O) groups excluding carboxylic acids is 3. The van der Waals surface area contributed by atoms with Crippen LogP contribution >= 0.6 is 11.6 Å². The van der Waals surface area contributed by atoms with E-state index in [1.54, 1.807) is 43.4 Å². The fourth-order valence-corrected chi connectivity index (χ4v) is 4.33. The second-order valence-corrected chi connectivity index (χ2v) is 7.54. The summed E-state index contributed by atoms with van der Waals surface area (Å²) < 4.78 is 5.11. The van der Waals surface area contributed by atoms with E-state index in [4.69, 9.17) is 16.3 Å². The standard InChI is InChI=1S/C22H19ClN2O5/c1-24-16-6-4-3-5-15(16)22(21(24)29)17(18(26)13-7-9-14(23)10-8-13)19(27)20(28)25(22)11-12-30-2/h3-10,26H,11-12H2,1-2H3/t22-/m1/s1. The van der Waals surface area contributed by atoms with Gasteiger partial charge < -0.3 is 19.6 Å². The lowest BCUT2D eigenvalue weighted by atomic mass is 9.82. The highest BCUT2D eigenvalue weighted by molar-refractivity contribution is 6.50. The van der Waals surface area contributed by atoms with Crippen molar-refractivity contribution >= 4 is 40.6 Å².